The minimum absolute atomic E-state index is 0.201. The standard InChI is InChI=1S/C39H54FNO6/c1-11-31-38(10,45)30-18-17-29-22-39(25(30)3,20-19-28-15-13-12-14-16-28)32(41-27(5)42)24(2)21-36(8,46-23-29)35(6,7)26(4)33(43)37(9,40)34(44)47-31/h12-16,19-20,22,24-26,30-31,45H,11,17-18,21,23H2,1-10H3/b20-19+,41-32?/t24-,25-,26+,30-,31-,36-,37+,38+,39?/m1/s1. The van der Waals surface area contributed by atoms with E-state index in [1.54, 1.807) is 20.8 Å². The molecule has 9 atom stereocenters. The van der Waals surface area contributed by atoms with Gasteiger partial charge in [0.2, 0.25) is 5.91 Å². The third-order valence-corrected chi connectivity index (χ3v) is 12.1. The predicted octanol–water partition coefficient (Wildman–Crippen LogP) is 7.51. The van der Waals surface area contributed by atoms with E-state index in [0.29, 0.717) is 25.0 Å². The van der Waals surface area contributed by atoms with E-state index in [9.17, 15) is 19.5 Å². The van der Waals surface area contributed by atoms with Gasteiger partial charge in [0.05, 0.1) is 12.2 Å². The Balaban J connectivity index is 2.11. The molecule has 2 fully saturated rings. The zero-order chi connectivity index (χ0) is 35.2. The van der Waals surface area contributed by atoms with Crippen molar-refractivity contribution in [1.29, 1.82) is 0 Å². The van der Waals surface area contributed by atoms with Crippen LogP contribution in [0.2, 0.25) is 0 Å². The Morgan fingerprint density at radius 1 is 1.09 bits per heavy atom. The average molecular weight is 652 g/mol. The Morgan fingerprint density at radius 3 is 2.32 bits per heavy atom. The largest absolute Gasteiger partial charge is 0.457 e. The number of hydrogen-bond acceptors (Lipinski definition) is 6. The van der Waals surface area contributed by atoms with Gasteiger partial charge in [0.1, 0.15) is 11.7 Å². The van der Waals surface area contributed by atoms with Crippen molar-refractivity contribution in [3.05, 3.63) is 53.6 Å². The monoisotopic (exact) mass is 651 g/mol. The van der Waals surface area contributed by atoms with Gasteiger partial charge in [-0.25, -0.2) is 14.2 Å². The molecule has 7 nitrogen and oxygen atoms in total. The molecule has 3 aliphatic heterocycles. The minimum Gasteiger partial charge on any atom is -0.457 e. The number of ether oxygens (including phenoxy) is 2. The highest BCUT2D eigenvalue weighted by molar-refractivity contribution is 6.08. The van der Waals surface area contributed by atoms with Gasteiger partial charge in [-0.05, 0) is 75.3 Å². The summed E-state index contributed by atoms with van der Waals surface area (Å²) in [5.41, 5.74) is -4.91. The molecule has 3 heterocycles. The lowest BCUT2D eigenvalue weighted by atomic mass is 9.58. The SMILES string of the molecule is CC[C@H]1OC(=O)[C@@](C)(F)C(=O)[C@H](C)C(C)(C)[C@@]2(C)C[C@@H](C)C(=NC(C)=O)C3(/C=C/c4ccccc4)C=C(CC[C@H]([C@H]3C)[C@]1(C)O)CO2. The van der Waals surface area contributed by atoms with Crippen LogP contribution < -0.4 is 0 Å². The molecule has 1 aromatic rings. The fourth-order valence-electron chi connectivity index (χ4n) is 8.40. The number of rotatable bonds is 3. The molecule has 1 aromatic carbocycles. The number of fused-ring (bicyclic) bond motifs is 11. The minimum atomic E-state index is -2.94. The summed E-state index contributed by atoms with van der Waals surface area (Å²) >= 11 is 0. The average Bonchev–Trinajstić information content (AvgIpc) is 3.13. The van der Waals surface area contributed by atoms with Crippen LogP contribution in [-0.4, -0.2) is 58.1 Å². The molecule has 0 aromatic heterocycles. The molecule has 1 N–H and O–H groups in total. The van der Waals surface area contributed by atoms with Crippen LogP contribution in [0.3, 0.4) is 0 Å². The van der Waals surface area contributed by atoms with E-state index in [0.717, 1.165) is 18.1 Å². The quantitative estimate of drug-likeness (QED) is 0.206. The molecule has 0 radical (unpaired) electrons. The normalized spacial score (nSPS) is 40.7. The number of nitrogens with zero attached hydrogens (tertiary/aromatic N) is 1. The van der Waals surface area contributed by atoms with E-state index in [1.165, 1.54) is 6.92 Å². The van der Waals surface area contributed by atoms with Gasteiger partial charge in [-0.2, -0.15) is 0 Å². The van der Waals surface area contributed by atoms with E-state index < -0.39 is 57.4 Å². The molecule has 4 bridgehead atoms. The molecule has 4 aliphatic rings. The van der Waals surface area contributed by atoms with Crippen molar-refractivity contribution in [2.45, 2.75) is 118 Å². The van der Waals surface area contributed by atoms with Gasteiger partial charge in [0.25, 0.3) is 5.67 Å². The van der Waals surface area contributed by atoms with Crippen molar-refractivity contribution in [2.75, 3.05) is 6.61 Å². The van der Waals surface area contributed by atoms with E-state index in [-0.39, 0.29) is 30.8 Å². The van der Waals surface area contributed by atoms with Crippen LogP contribution >= 0.6 is 0 Å². The molecule has 1 unspecified atom stereocenters. The zero-order valence-corrected chi connectivity index (χ0v) is 29.9. The van der Waals surface area contributed by atoms with Gasteiger partial charge in [-0.15, -0.1) is 0 Å². The van der Waals surface area contributed by atoms with Gasteiger partial charge in [0, 0.05) is 29.4 Å². The predicted molar refractivity (Wildman–Crippen MR) is 182 cm³/mol. The lowest BCUT2D eigenvalue weighted by Crippen LogP contribution is -2.56. The first-order valence-corrected chi connectivity index (χ1v) is 17.1. The maximum absolute atomic E-state index is 16.4. The third-order valence-electron chi connectivity index (χ3n) is 12.1. The number of allylic oxidation sites excluding steroid dienone is 2. The number of carbonyl (C=O) groups excluding carboxylic acids is 3. The summed E-state index contributed by atoms with van der Waals surface area (Å²) in [6.07, 6.45) is 6.86. The van der Waals surface area contributed by atoms with Crippen LogP contribution in [-0.2, 0) is 23.9 Å². The maximum atomic E-state index is 16.4. The zero-order valence-electron chi connectivity index (χ0n) is 29.9. The molecule has 5 rings (SSSR count). The second-order valence-electron chi connectivity index (χ2n) is 15.4. The number of aliphatic hydroxyl groups is 1. The lowest BCUT2D eigenvalue weighted by molar-refractivity contribution is -0.190. The van der Waals surface area contributed by atoms with Crippen molar-refractivity contribution in [1.82, 2.24) is 0 Å². The Bertz CT molecular complexity index is 1460. The number of ketones is 1. The molecule has 2 saturated heterocycles. The molecule has 0 saturated carbocycles. The molecule has 0 spiro atoms. The number of halogens is 1. The number of amides is 1. The van der Waals surface area contributed by atoms with Crippen LogP contribution in [0.1, 0.15) is 100 Å². The number of Topliss-reactive ketones (excluding diaryl/α,β-unsaturated/α-hetero) is 1. The van der Waals surface area contributed by atoms with E-state index >= 15 is 4.39 Å². The van der Waals surface area contributed by atoms with Crippen molar-refractivity contribution in [3.63, 3.8) is 0 Å². The Labute approximate surface area is 280 Å². The molecule has 47 heavy (non-hydrogen) atoms. The number of alkyl halides is 1. The van der Waals surface area contributed by atoms with Crippen LogP contribution in [0.25, 0.3) is 6.08 Å². The second kappa shape index (κ2) is 13.1. The van der Waals surface area contributed by atoms with Crippen molar-refractivity contribution < 1.29 is 33.4 Å². The van der Waals surface area contributed by atoms with Gasteiger partial charge >= 0.3 is 5.97 Å². The summed E-state index contributed by atoms with van der Waals surface area (Å²) in [6.45, 7) is 17.4. The smallest absolute Gasteiger partial charge is 0.351 e. The summed E-state index contributed by atoms with van der Waals surface area (Å²) < 4.78 is 29.1. The third kappa shape index (κ3) is 6.57. The molecular weight excluding hydrogens is 597 g/mol. The Morgan fingerprint density at radius 2 is 1.72 bits per heavy atom. The summed E-state index contributed by atoms with van der Waals surface area (Å²) in [5.74, 6) is -4.70. The number of carbonyl (C=O) groups is 3. The molecule has 258 valence electrons. The second-order valence-corrected chi connectivity index (χ2v) is 15.4. The fraction of sp³-hybridized carbons (Fsp3) is 0.641. The van der Waals surface area contributed by atoms with E-state index in [2.05, 4.69) is 19.1 Å². The number of esters is 1. The van der Waals surface area contributed by atoms with Crippen molar-refractivity contribution >= 4 is 29.4 Å². The van der Waals surface area contributed by atoms with Crippen LogP contribution in [0.15, 0.2) is 53.0 Å². The number of hydrogen-bond donors (Lipinski definition) is 1. The summed E-state index contributed by atoms with van der Waals surface area (Å²) in [6, 6.07) is 9.88. The topological polar surface area (TPSA) is 102 Å². The maximum Gasteiger partial charge on any atom is 0.351 e. The first-order chi connectivity index (χ1) is 21.7. The fourth-order valence-corrected chi connectivity index (χ4v) is 8.40. The van der Waals surface area contributed by atoms with Gasteiger partial charge in [-0.1, -0.05) is 90.1 Å². The first-order valence-electron chi connectivity index (χ1n) is 17.1. The van der Waals surface area contributed by atoms with Gasteiger partial charge in [0.15, 0.2) is 5.78 Å². The number of benzene rings is 1. The van der Waals surface area contributed by atoms with E-state index in [1.807, 2.05) is 64.1 Å². The molecule has 1 aliphatic carbocycles. The van der Waals surface area contributed by atoms with E-state index in [4.69, 9.17) is 14.5 Å². The van der Waals surface area contributed by atoms with Crippen LogP contribution in [0, 0.1) is 34.5 Å². The number of aliphatic imine (C=N–C) groups is 1. The summed E-state index contributed by atoms with van der Waals surface area (Å²) in [5, 5.41) is 12.5. The summed E-state index contributed by atoms with van der Waals surface area (Å²) in [4.78, 5) is 45.3. The first kappa shape index (κ1) is 36.9. The van der Waals surface area contributed by atoms with Crippen molar-refractivity contribution in [3.8, 4) is 0 Å². The van der Waals surface area contributed by atoms with Crippen molar-refractivity contribution in [2.24, 2.45) is 39.5 Å². The highest BCUT2D eigenvalue weighted by Crippen LogP contribution is 2.54. The Kier molecular flexibility index (Phi) is 10.3. The highest BCUT2D eigenvalue weighted by Gasteiger charge is 2.59. The summed E-state index contributed by atoms with van der Waals surface area (Å²) in [7, 11) is 0. The molecule has 8 heteroatoms. The lowest BCUT2D eigenvalue weighted by Gasteiger charge is -2.50. The highest BCUT2D eigenvalue weighted by atomic mass is 19.1. The van der Waals surface area contributed by atoms with Gasteiger partial charge < -0.3 is 14.6 Å². The van der Waals surface area contributed by atoms with Crippen LogP contribution in [0.4, 0.5) is 4.39 Å². The molecular formula is C39H54FNO6. The van der Waals surface area contributed by atoms with Crippen LogP contribution in [0.5, 0.6) is 0 Å². The molecule has 1 amide bonds. The Hall–Kier alpha value is -2.97. The van der Waals surface area contributed by atoms with Gasteiger partial charge in [-0.3, -0.25) is 9.59 Å².